The van der Waals surface area contributed by atoms with Crippen LogP contribution in [-0.2, 0) is 12.8 Å². The minimum absolute atomic E-state index is 0.150. The second-order valence-electron chi connectivity index (χ2n) is 5.22. The molecular weight excluding hydrogens is 274 g/mol. The van der Waals surface area contributed by atoms with Crippen molar-refractivity contribution in [2.45, 2.75) is 39.2 Å². The average molecular weight is 292 g/mol. The van der Waals surface area contributed by atoms with E-state index in [1.807, 2.05) is 6.07 Å². The van der Waals surface area contributed by atoms with Gasteiger partial charge in [0, 0.05) is 23.3 Å². The molecule has 0 saturated carbocycles. The number of para-hydroxylation sites is 1. The Labute approximate surface area is 122 Å². The number of hydrogen-bond acceptors (Lipinski definition) is 3. The summed E-state index contributed by atoms with van der Waals surface area (Å²) in [6, 6.07) is 5.20. The van der Waals surface area contributed by atoms with Gasteiger partial charge < -0.3 is 10.1 Å². The van der Waals surface area contributed by atoms with E-state index in [1.165, 1.54) is 5.56 Å². The summed E-state index contributed by atoms with van der Waals surface area (Å²) in [6.45, 7) is 0.116. The normalized spacial score (nSPS) is 13.7. The minimum atomic E-state index is -2.84. The Morgan fingerprint density at radius 2 is 2.19 bits per heavy atom. The molecule has 2 aromatic rings. The Kier molecular flexibility index (Phi) is 3.90. The number of fused-ring (bicyclic) bond motifs is 2. The summed E-state index contributed by atoms with van der Waals surface area (Å²) in [5.41, 5.74) is 3.79. The van der Waals surface area contributed by atoms with E-state index in [2.05, 4.69) is 22.0 Å². The highest BCUT2D eigenvalue weighted by atomic mass is 19.3. The van der Waals surface area contributed by atoms with Gasteiger partial charge in [0.1, 0.15) is 5.52 Å². The molecule has 1 aliphatic rings. The number of anilines is 1. The van der Waals surface area contributed by atoms with Crippen molar-refractivity contribution in [3.63, 3.8) is 0 Å². The van der Waals surface area contributed by atoms with Crippen molar-refractivity contribution in [3.05, 3.63) is 29.5 Å². The molecule has 0 radical (unpaired) electrons. The average Bonchev–Trinajstić information content (AvgIpc) is 2.92. The molecule has 0 aliphatic heterocycles. The summed E-state index contributed by atoms with van der Waals surface area (Å²) in [5.74, 6) is 0.150. The zero-order valence-electron chi connectivity index (χ0n) is 12.0. The summed E-state index contributed by atoms with van der Waals surface area (Å²) >= 11 is 0. The third-order valence-corrected chi connectivity index (χ3v) is 3.77. The van der Waals surface area contributed by atoms with Crippen molar-refractivity contribution in [1.82, 2.24) is 4.98 Å². The number of halogens is 2. The molecule has 112 valence electrons. The monoisotopic (exact) mass is 292 g/mol. The van der Waals surface area contributed by atoms with E-state index >= 15 is 0 Å². The van der Waals surface area contributed by atoms with Gasteiger partial charge in [-0.2, -0.15) is 8.78 Å². The summed E-state index contributed by atoms with van der Waals surface area (Å²) < 4.78 is 29.7. The predicted molar refractivity (Wildman–Crippen MR) is 79.2 cm³/mol. The first-order chi connectivity index (χ1) is 10.2. The van der Waals surface area contributed by atoms with E-state index in [-0.39, 0.29) is 5.75 Å². The van der Waals surface area contributed by atoms with Gasteiger partial charge >= 0.3 is 6.61 Å². The molecule has 0 saturated heterocycles. The molecule has 0 fully saturated rings. The van der Waals surface area contributed by atoms with Crippen LogP contribution in [0.2, 0.25) is 0 Å². The number of nitrogens with one attached hydrogen (secondary N) is 1. The van der Waals surface area contributed by atoms with Crippen LogP contribution in [0.1, 0.15) is 31.0 Å². The van der Waals surface area contributed by atoms with Gasteiger partial charge in [0.2, 0.25) is 0 Å². The molecule has 21 heavy (non-hydrogen) atoms. The molecule has 0 amide bonds. The van der Waals surface area contributed by atoms with Gasteiger partial charge in [-0.1, -0.05) is 19.1 Å². The summed E-state index contributed by atoms with van der Waals surface area (Å²) in [4.78, 5) is 4.58. The number of aromatic nitrogens is 1. The molecule has 3 nitrogen and oxygen atoms in total. The van der Waals surface area contributed by atoms with Gasteiger partial charge in [0.15, 0.2) is 5.75 Å². The second kappa shape index (κ2) is 5.84. The first-order valence-corrected chi connectivity index (χ1v) is 7.34. The fourth-order valence-corrected chi connectivity index (χ4v) is 2.90. The number of ether oxygens (including phenoxy) is 1. The minimum Gasteiger partial charge on any atom is -0.432 e. The molecule has 1 aliphatic carbocycles. The molecule has 0 bridgehead atoms. The van der Waals surface area contributed by atoms with E-state index in [4.69, 9.17) is 0 Å². The van der Waals surface area contributed by atoms with E-state index in [0.29, 0.717) is 5.52 Å². The molecule has 1 heterocycles. The SMILES string of the molecule is CCCNc1c2c(nc3c(OC(F)F)cccc13)CCC2. The van der Waals surface area contributed by atoms with Gasteiger partial charge in [0.25, 0.3) is 0 Å². The molecule has 1 aromatic heterocycles. The predicted octanol–water partition coefficient (Wildman–Crippen LogP) is 4.15. The van der Waals surface area contributed by atoms with Crippen LogP contribution in [0.4, 0.5) is 14.5 Å². The number of benzene rings is 1. The number of pyridine rings is 1. The van der Waals surface area contributed by atoms with Crippen LogP contribution in [0.3, 0.4) is 0 Å². The molecule has 0 atom stereocenters. The highest BCUT2D eigenvalue weighted by Gasteiger charge is 2.21. The fraction of sp³-hybridized carbons (Fsp3) is 0.438. The third-order valence-electron chi connectivity index (χ3n) is 3.77. The van der Waals surface area contributed by atoms with Crippen molar-refractivity contribution in [2.24, 2.45) is 0 Å². The van der Waals surface area contributed by atoms with Crippen molar-refractivity contribution in [2.75, 3.05) is 11.9 Å². The molecule has 0 unspecified atom stereocenters. The van der Waals surface area contributed by atoms with Crippen LogP contribution >= 0.6 is 0 Å². The van der Waals surface area contributed by atoms with Crippen LogP contribution in [0.15, 0.2) is 18.2 Å². The van der Waals surface area contributed by atoms with Gasteiger partial charge in [-0.3, -0.25) is 0 Å². The van der Waals surface area contributed by atoms with Crippen molar-refractivity contribution < 1.29 is 13.5 Å². The van der Waals surface area contributed by atoms with E-state index in [9.17, 15) is 8.78 Å². The molecule has 1 N–H and O–H groups in total. The molecule has 3 rings (SSSR count). The van der Waals surface area contributed by atoms with Gasteiger partial charge in [-0.15, -0.1) is 0 Å². The lowest BCUT2D eigenvalue weighted by Crippen LogP contribution is -2.07. The second-order valence-corrected chi connectivity index (χ2v) is 5.22. The largest absolute Gasteiger partial charge is 0.432 e. The first kappa shape index (κ1) is 14.0. The highest BCUT2D eigenvalue weighted by molar-refractivity contribution is 5.97. The first-order valence-electron chi connectivity index (χ1n) is 7.34. The quantitative estimate of drug-likeness (QED) is 0.899. The number of alkyl halides is 2. The zero-order valence-corrected chi connectivity index (χ0v) is 12.0. The molecular formula is C16H18F2N2O. The Hall–Kier alpha value is -1.91. The summed E-state index contributed by atoms with van der Waals surface area (Å²) in [5, 5.41) is 4.30. The number of hydrogen-bond donors (Lipinski definition) is 1. The summed E-state index contributed by atoms with van der Waals surface area (Å²) in [6.07, 6.45) is 3.95. The Morgan fingerprint density at radius 1 is 1.33 bits per heavy atom. The maximum atomic E-state index is 12.6. The van der Waals surface area contributed by atoms with Crippen LogP contribution < -0.4 is 10.1 Å². The van der Waals surface area contributed by atoms with E-state index in [0.717, 1.165) is 49.0 Å². The molecule has 5 heteroatoms. The lowest BCUT2D eigenvalue weighted by Gasteiger charge is -2.16. The van der Waals surface area contributed by atoms with E-state index < -0.39 is 6.61 Å². The van der Waals surface area contributed by atoms with Crippen LogP contribution in [0.5, 0.6) is 5.75 Å². The Bertz CT molecular complexity index is 658. The van der Waals surface area contributed by atoms with Gasteiger partial charge in [0.05, 0.1) is 0 Å². The standard InChI is InChI=1S/C16H18F2N2O/c1-2-9-19-14-10-5-3-7-12(10)20-15-11(14)6-4-8-13(15)21-16(17)18/h4,6,8,16H,2-3,5,7,9H2,1H3,(H,19,20). The number of aryl methyl sites for hydroxylation is 1. The van der Waals surface area contributed by atoms with Crippen LogP contribution in [0.25, 0.3) is 10.9 Å². The smallest absolute Gasteiger partial charge is 0.387 e. The highest BCUT2D eigenvalue weighted by Crippen LogP contribution is 2.37. The number of nitrogens with zero attached hydrogens (tertiary/aromatic N) is 1. The van der Waals surface area contributed by atoms with Crippen molar-refractivity contribution in [1.29, 1.82) is 0 Å². The number of rotatable bonds is 5. The maximum Gasteiger partial charge on any atom is 0.387 e. The van der Waals surface area contributed by atoms with Crippen molar-refractivity contribution in [3.8, 4) is 5.75 Å². The Balaban J connectivity index is 2.17. The van der Waals surface area contributed by atoms with Crippen molar-refractivity contribution >= 4 is 16.6 Å². The maximum absolute atomic E-state index is 12.6. The van der Waals surface area contributed by atoms with Gasteiger partial charge in [-0.05, 0) is 37.3 Å². The third kappa shape index (κ3) is 2.64. The summed E-state index contributed by atoms with van der Waals surface area (Å²) in [7, 11) is 0. The lowest BCUT2D eigenvalue weighted by molar-refractivity contribution is -0.0489. The lowest BCUT2D eigenvalue weighted by atomic mass is 10.1. The van der Waals surface area contributed by atoms with Crippen LogP contribution in [-0.4, -0.2) is 18.1 Å². The Morgan fingerprint density at radius 3 is 2.95 bits per heavy atom. The zero-order chi connectivity index (χ0) is 14.8. The fourth-order valence-electron chi connectivity index (χ4n) is 2.90. The van der Waals surface area contributed by atoms with Gasteiger partial charge in [-0.25, -0.2) is 4.98 Å². The molecule has 1 aromatic carbocycles. The van der Waals surface area contributed by atoms with E-state index in [1.54, 1.807) is 12.1 Å². The van der Waals surface area contributed by atoms with Crippen LogP contribution in [0, 0.1) is 0 Å². The molecule has 0 spiro atoms. The topological polar surface area (TPSA) is 34.2 Å².